The third-order valence-electron chi connectivity index (χ3n) is 3.97. The summed E-state index contributed by atoms with van der Waals surface area (Å²) in [7, 11) is 1.93. The van der Waals surface area contributed by atoms with Gasteiger partial charge >= 0.3 is 0 Å². The second-order valence-corrected chi connectivity index (χ2v) is 4.94. The number of likely N-dealkylation sites (N-methyl/N-ethyl adjacent to an activating group) is 1. The molecule has 2 rings (SSSR count). The minimum atomic E-state index is -0.0215. The minimum absolute atomic E-state index is 0.0215. The summed E-state index contributed by atoms with van der Waals surface area (Å²) >= 11 is 0. The van der Waals surface area contributed by atoms with Crippen molar-refractivity contribution in [2.45, 2.75) is 38.6 Å². The first-order chi connectivity index (χ1) is 8.69. The van der Waals surface area contributed by atoms with Crippen molar-refractivity contribution in [1.29, 1.82) is 0 Å². The SMILES string of the molecule is CCC(CC)N(C)C(=O)C1CNc2ccccc21. The Bertz CT molecular complexity index is 426. The number of rotatable bonds is 4. The van der Waals surface area contributed by atoms with Crippen LogP contribution in [0.2, 0.25) is 0 Å². The van der Waals surface area contributed by atoms with Gasteiger partial charge in [0.1, 0.15) is 0 Å². The van der Waals surface area contributed by atoms with E-state index in [0.29, 0.717) is 6.04 Å². The molecule has 0 saturated heterocycles. The molecular weight excluding hydrogens is 224 g/mol. The molecule has 98 valence electrons. The zero-order valence-electron chi connectivity index (χ0n) is 11.4. The Labute approximate surface area is 109 Å². The van der Waals surface area contributed by atoms with Crippen LogP contribution >= 0.6 is 0 Å². The second-order valence-electron chi connectivity index (χ2n) is 4.94. The summed E-state index contributed by atoms with van der Waals surface area (Å²) in [5, 5.41) is 3.31. The normalized spacial score (nSPS) is 17.4. The number of fused-ring (bicyclic) bond motifs is 1. The van der Waals surface area contributed by atoms with Crippen LogP contribution < -0.4 is 5.32 Å². The van der Waals surface area contributed by atoms with Crippen molar-refractivity contribution < 1.29 is 4.79 Å². The van der Waals surface area contributed by atoms with Gasteiger partial charge in [0.25, 0.3) is 0 Å². The predicted molar refractivity (Wildman–Crippen MR) is 74.8 cm³/mol. The zero-order valence-corrected chi connectivity index (χ0v) is 11.4. The molecule has 0 spiro atoms. The monoisotopic (exact) mass is 246 g/mol. The fourth-order valence-electron chi connectivity index (χ4n) is 2.77. The van der Waals surface area contributed by atoms with Crippen molar-refractivity contribution in [3.63, 3.8) is 0 Å². The van der Waals surface area contributed by atoms with E-state index in [1.807, 2.05) is 30.1 Å². The van der Waals surface area contributed by atoms with Gasteiger partial charge in [-0.25, -0.2) is 0 Å². The van der Waals surface area contributed by atoms with Gasteiger partial charge in [0, 0.05) is 25.3 Å². The van der Waals surface area contributed by atoms with Gasteiger partial charge in [-0.15, -0.1) is 0 Å². The lowest BCUT2D eigenvalue weighted by atomic mass is 9.98. The molecule has 1 aromatic carbocycles. The summed E-state index contributed by atoms with van der Waals surface area (Å²) in [5.41, 5.74) is 2.24. The first-order valence-corrected chi connectivity index (χ1v) is 6.78. The summed E-state index contributed by atoms with van der Waals surface area (Å²) in [5.74, 6) is 0.216. The van der Waals surface area contributed by atoms with E-state index in [1.54, 1.807) is 0 Å². The van der Waals surface area contributed by atoms with Crippen LogP contribution in [-0.2, 0) is 4.79 Å². The van der Waals surface area contributed by atoms with Gasteiger partial charge < -0.3 is 10.2 Å². The molecule has 1 heterocycles. The molecule has 0 aliphatic carbocycles. The van der Waals surface area contributed by atoms with Crippen molar-refractivity contribution in [3.05, 3.63) is 29.8 Å². The van der Waals surface area contributed by atoms with E-state index >= 15 is 0 Å². The number of anilines is 1. The number of benzene rings is 1. The molecule has 0 saturated carbocycles. The van der Waals surface area contributed by atoms with Crippen molar-refractivity contribution in [2.24, 2.45) is 0 Å². The zero-order chi connectivity index (χ0) is 13.1. The van der Waals surface area contributed by atoms with Crippen molar-refractivity contribution >= 4 is 11.6 Å². The predicted octanol–water partition coefficient (Wildman–Crippen LogP) is 2.84. The standard InChI is InChI=1S/C15H22N2O/c1-4-11(5-2)17(3)15(18)13-10-16-14-9-7-6-8-12(13)14/h6-9,11,13,16H,4-5,10H2,1-3H3. The summed E-state index contributed by atoms with van der Waals surface area (Å²) in [6.45, 7) is 5.00. The van der Waals surface area contributed by atoms with E-state index in [4.69, 9.17) is 0 Å². The molecule has 0 fully saturated rings. The van der Waals surface area contributed by atoms with E-state index in [-0.39, 0.29) is 11.8 Å². The first-order valence-electron chi connectivity index (χ1n) is 6.78. The Kier molecular flexibility index (Phi) is 3.90. The lowest BCUT2D eigenvalue weighted by molar-refractivity contribution is -0.133. The largest absolute Gasteiger partial charge is 0.384 e. The molecule has 0 bridgehead atoms. The highest BCUT2D eigenvalue weighted by Crippen LogP contribution is 2.32. The Balaban J connectivity index is 2.16. The van der Waals surface area contributed by atoms with Gasteiger partial charge in [-0.3, -0.25) is 4.79 Å². The summed E-state index contributed by atoms with van der Waals surface area (Å²) in [6.07, 6.45) is 2.03. The number of carbonyl (C=O) groups excluding carboxylic acids is 1. The van der Waals surface area contributed by atoms with E-state index in [2.05, 4.69) is 25.2 Å². The summed E-state index contributed by atoms with van der Waals surface area (Å²) in [4.78, 5) is 14.5. The van der Waals surface area contributed by atoms with Crippen LogP contribution in [0, 0.1) is 0 Å². The van der Waals surface area contributed by atoms with Crippen molar-refractivity contribution in [1.82, 2.24) is 4.90 Å². The molecule has 1 aliphatic heterocycles. The van der Waals surface area contributed by atoms with Crippen LogP contribution in [0.1, 0.15) is 38.2 Å². The molecule has 1 aromatic rings. The fraction of sp³-hybridized carbons (Fsp3) is 0.533. The summed E-state index contributed by atoms with van der Waals surface area (Å²) < 4.78 is 0. The van der Waals surface area contributed by atoms with Crippen LogP contribution in [0.3, 0.4) is 0 Å². The first kappa shape index (κ1) is 12.9. The molecule has 1 unspecified atom stereocenters. The maximum Gasteiger partial charge on any atom is 0.231 e. The number of carbonyl (C=O) groups is 1. The Morgan fingerprint density at radius 1 is 1.39 bits per heavy atom. The van der Waals surface area contributed by atoms with Gasteiger partial charge in [0.05, 0.1) is 5.92 Å². The molecular formula is C15H22N2O. The second kappa shape index (κ2) is 5.42. The topological polar surface area (TPSA) is 32.3 Å². The highest BCUT2D eigenvalue weighted by atomic mass is 16.2. The Morgan fingerprint density at radius 3 is 2.72 bits per heavy atom. The smallest absolute Gasteiger partial charge is 0.231 e. The van der Waals surface area contributed by atoms with Crippen LogP contribution in [-0.4, -0.2) is 30.4 Å². The number of nitrogens with zero attached hydrogens (tertiary/aromatic N) is 1. The van der Waals surface area contributed by atoms with E-state index < -0.39 is 0 Å². The summed E-state index contributed by atoms with van der Waals surface area (Å²) in [6, 6.07) is 8.45. The van der Waals surface area contributed by atoms with E-state index in [1.165, 1.54) is 0 Å². The van der Waals surface area contributed by atoms with Crippen LogP contribution in [0.4, 0.5) is 5.69 Å². The Morgan fingerprint density at radius 2 is 2.06 bits per heavy atom. The molecule has 1 aliphatic rings. The van der Waals surface area contributed by atoms with Crippen LogP contribution in [0.25, 0.3) is 0 Å². The lowest BCUT2D eigenvalue weighted by Gasteiger charge is -2.28. The van der Waals surface area contributed by atoms with Crippen LogP contribution in [0.5, 0.6) is 0 Å². The number of hydrogen-bond donors (Lipinski definition) is 1. The third-order valence-corrected chi connectivity index (χ3v) is 3.97. The lowest BCUT2D eigenvalue weighted by Crippen LogP contribution is -2.39. The highest BCUT2D eigenvalue weighted by Gasteiger charge is 2.31. The van der Waals surface area contributed by atoms with Gasteiger partial charge in [-0.1, -0.05) is 32.0 Å². The number of para-hydroxylation sites is 1. The number of amides is 1. The molecule has 3 heteroatoms. The minimum Gasteiger partial charge on any atom is -0.384 e. The van der Waals surface area contributed by atoms with Gasteiger partial charge in [0.15, 0.2) is 0 Å². The molecule has 1 N–H and O–H groups in total. The average Bonchev–Trinajstić information content (AvgIpc) is 2.83. The molecule has 0 aromatic heterocycles. The van der Waals surface area contributed by atoms with E-state index in [9.17, 15) is 4.79 Å². The van der Waals surface area contributed by atoms with Crippen molar-refractivity contribution in [2.75, 3.05) is 18.9 Å². The average molecular weight is 246 g/mol. The van der Waals surface area contributed by atoms with Crippen molar-refractivity contribution in [3.8, 4) is 0 Å². The van der Waals surface area contributed by atoms with Crippen LogP contribution in [0.15, 0.2) is 24.3 Å². The van der Waals surface area contributed by atoms with Gasteiger partial charge in [-0.2, -0.15) is 0 Å². The maximum atomic E-state index is 12.6. The Hall–Kier alpha value is -1.51. The number of nitrogens with one attached hydrogen (secondary N) is 1. The number of hydrogen-bond acceptors (Lipinski definition) is 2. The van der Waals surface area contributed by atoms with Gasteiger partial charge in [0.2, 0.25) is 5.91 Å². The molecule has 18 heavy (non-hydrogen) atoms. The van der Waals surface area contributed by atoms with Gasteiger partial charge in [-0.05, 0) is 24.5 Å². The highest BCUT2D eigenvalue weighted by molar-refractivity contribution is 5.88. The molecule has 0 radical (unpaired) electrons. The maximum absolute atomic E-state index is 12.6. The quantitative estimate of drug-likeness (QED) is 0.886. The van der Waals surface area contributed by atoms with E-state index in [0.717, 1.165) is 30.6 Å². The molecule has 1 atom stereocenters. The third kappa shape index (κ3) is 2.22. The molecule has 1 amide bonds. The molecule has 3 nitrogen and oxygen atoms in total. The fourth-order valence-corrected chi connectivity index (χ4v) is 2.77.